The molecular weight excluding hydrogens is 350 g/mol. The van der Waals surface area contributed by atoms with Crippen LogP contribution in [0.3, 0.4) is 0 Å². The van der Waals surface area contributed by atoms with Crippen LogP contribution in [0.5, 0.6) is 0 Å². The zero-order valence-corrected chi connectivity index (χ0v) is 16.9. The van der Waals surface area contributed by atoms with Crippen LogP contribution in [0.2, 0.25) is 0 Å². The van der Waals surface area contributed by atoms with Gasteiger partial charge in [0.25, 0.3) is 0 Å². The SMILES string of the molecule is Cc1cc(C)c(CC(=O)NC2(C(=O)O)CCC(c3ccccc3)CC2)c(C)c1. The number of amides is 1. The number of aliphatic carboxylic acids is 1. The third-order valence-corrected chi connectivity index (χ3v) is 6.08. The first-order valence-electron chi connectivity index (χ1n) is 9.97. The number of carbonyl (C=O) groups is 2. The van der Waals surface area contributed by atoms with E-state index >= 15 is 0 Å². The van der Waals surface area contributed by atoms with Crippen molar-refractivity contribution in [3.8, 4) is 0 Å². The number of carboxylic acids is 1. The van der Waals surface area contributed by atoms with Crippen molar-refractivity contribution in [3.05, 3.63) is 70.3 Å². The summed E-state index contributed by atoms with van der Waals surface area (Å²) in [4.78, 5) is 24.8. The fourth-order valence-electron chi connectivity index (χ4n) is 4.52. The van der Waals surface area contributed by atoms with Crippen molar-refractivity contribution in [2.75, 3.05) is 0 Å². The van der Waals surface area contributed by atoms with E-state index in [1.807, 2.05) is 39.0 Å². The number of aryl methyl sites for hydroxylation is 3. The Bertz CT molecular complexity index is 842. The van der Waals surface area contributed by atoms with Gasteiger partial charge in [-0.2, -0.15) is 0 Å². The highest BCUT2D eigenvalue weighted by Gasteiger charge is 2.43. The van der Waals surface area contributed by atoms with Gasteiger partial charge < -0.3 is 10.4 Å². The van der Waals surface area contributed by atoms with Crippen LogP contribution >= 0.6 is 0 Å². The largest absolute Gasteiger partial charge is 0.480 e. The first-order chi connectivity index (χ1) is 13.3. The third kappa shape index (κ3) is 4.27. The second-order valence-electron chi connectivity index (χ2n) is 8.17. The lowest BCUT2D eigenvalue weighted by atomic mass is 9.74. The summed E-state index contributed by atoms with van der Waals surface area (Å²) in [6.45, 7) is 6.04. The molecule has 0 aliphatic heterocycles. The average molecular weight is 380 g/mol. The number of hydrogen-bond acceptors (Lipinski definition) is 2. The van der Waals surface area contributed by atoms with Crippen LogP contribution in [0.1, 0.15) is 59.4 Å². The van der Waals surface area contributed by atoms with Gasteiger partial charge in [-0.1, -0.05) is 48.0 Å². The van der Waals surface area contributed by atoms with E-state index in [0.29, 0.717) is 18.8 Å². The first kappa shape index (κ1) is 20.1. The second-order valence-corrected chi connectivity index (χ2v) is 8.17. The number of carboxylic acid groups (broad SMARTS) is 1. The maximum Gasteiger partial charge on any atom is 0.329 e. The third-order valence-electron chi connectivity index (χ3n) is 6.08. The molecule has 0 atom stereocenters. The van der Waals surface area contributed by atoms with Gasteiger partial charge >= 0.3 is 5.97 Å². The number of carbonyl (C=O) groups excluding carboxylic acids is 1. The Morgan fingerprint density at radius 1 is 1.04 bits per heavy atom. The molecule has 2 N–H and O–H groups in total. The number of hydrogen-bond donors (Lipinski definition) is 2. The minimum absolute atomic E-state index is 0.212. The monoisotopic (exact) mass is 379 g/mol. The Labute approximate surface area is 167 Å². The molecule has 28 heavy (non-hydrogen) atoms. The molecule has 1 aliphatic carbocycles. The van der Waals surface area contributed by atoms with E-state index in [9.17, 15) is 14.7 Å². The highest BCUT2D eigenvalue weighted by molar-refractivity contribution is 5.88. The van der Waals surface area contributed by atoms with Gasteiger partial charge in [-0.3, -0.25) is 4.79 Å². The van der Waals surface area contributed by atoms with Crippen LogP contribution < -0.4 is 5.32 Å². The Kier molecular flexibility index (Phi) is 5.87. The normalized spacial score (nSPS) is 21.9. The molecule has 2 aromatic carbocycles. The van der Waals surface area contributed by atoms with E-state index in [1.54, 1.807) is 0 Å². The van der Waals surface area contributed by atoms with E-state index in [-0.39, 0.29) is 12.3 Å². The summed E-state index contributed by atoms with van der Waals surface area (Å²) in [5.74, 6) is -0.785. The van der Waals surface area contributed by atoms with Crippen LogP contribution in [0.4, 0.5) is 0 Å². The van der Waals surface area contributed by atoms with Crippen LogP contribution in [-0.2, 0) is 16.0 Å². The molecule has 1 saturated carbocycles. The molecule has 4 heteroatoms. The molecular formula is C24H29NO3. The maximum absolute atomic E-state index is 12.8. The number of nitrogens with one attached hydrogen (secondary N) is 1. The summed E-state index contributed by atoms with van der Waals surface area (Å²) in [7, 11) is 0. The van der Waals surface area contributed by atoms with Crippen LogP contribution in [0, 0.1) is 20.8 Å². The van der Waals surface area contributed by atoms with Crippen molar-refractivity contribution in [3.63, 3.8) is 0 Å². The van der Waals surface area contributed by atoms with E-state index < -0.39 is 11.5 Å². The highest BCUT2D eigenvalue weighted by atomic mass is 16.4. The van der Waals surface area contributed by atoms with Crippen LogP contribution in [0.25, 0.3) is 0 Å². The van der Waals surface area contributed by atoms with Gasteiger partial charge in [-0.05, 0) is 74.6 Å². The quantitative estimate of drug-likeness (QED) is 0.806. The molecule has 148 valence electrons. The molecule has 2 aromatic rings. The van der Waals surface area contributed by atoms with Crippen molar-refractivity contribution >= 4 is 11.9 Å². The smallest absolute Gasteiger partial charge is 0.329 e. The van der Waals surface area contributed by atoms with E-state index in [4.69, 9.17) is 0 Å². The molecule has 0 saturated heterocycles. The van der Waals surface area contributed by atoms with Gasteiger partial charge in [-0.15, -0.1) is 0 Å². The van der Waals surface area contributed by atoms with Gasteiger partial charge in [0.1, 0.15) is 5.54 Å². The predicted molar refractivity (Wildman–Crippen MR) is 111 cm³/mol. The molecule has 1 fully saturated rings. The fraction of sp³-hybridized carbons (Fsp3) is 0.417. The Hall–Kier alpha value is -2.62. The van der Waals surface area contributed by atoms with Gasteiger partial charge in [0.05, 0.1) is 6.42 Å². The zero-order valence-electron chi connectivity index (χ0n) is 16.9. The zero-order chi connectivity index (χ0) is 20.3. The number of rotatable bonds is 5. The minimum atomic E-state index is -1.16. The second kappa shape index (κ2) is 8.17. The van der Waals surface area contributed by atoms with Crippen molar-refractivity contribution < 1.29 is 14.7 Å². The van der Waals surface area contributed by atoms with Crippen molar-refractivity contribution in [1.29, 1.82) is 0 Å². The van der Waals surface area contributed by atoms with Gasteiger partial charge in [0, 0.05) is 0 Å². The lowest BCUT2D eigenvalue weighted by Gasteiger charge is -2.37. The molecule has 1 amide bonds. The predicted octanol–water partition coefficient (Wildman–Crippen LogP) is 4.45. The van der Waals surface area contributed by atoms with Crippen molar-refractivity contribution in [1.82, 2.24) is 5.32 Å². The maximum atomic E-state index is 12.8. The summed E-state index contributed by atoms with van der Waals surface area (Å²) in [5, 5.41) is 12.8. The van der Waals surface area contributed by atoms with Crippen LogP contribution in [0.15, 0.2) is 42.5 Å². The van der Waals surface area contributed by atoms with Crippen LogP contribution in [-0.4, -0.2) is 22.5 Å². The van der Waals surface area contributed by atoms with E-state index in [1.165, 1.54) is 11.1 Å². The topological polar surface area (TPSA) is 66.4 Å². The molecule has 0 radical (unpaired) electrons. The van der Waals surface area contributed by atoms with E-state index in [2.05, 4.69) is 29.6 Å². The summed E-state index contributed by atoms with van der Waals surface area (Å²) in [5.41, 5.74) is 4.39. The van der Waals surface area contributed by atoms with Gasteiger partial charge in [0.15, 0.2) is 0 Å². The first-order valence-corrected chi connectivity index (χ1v) is 9.97. The summed E-state index contributed by atoms with van der Waals surface area (Å²) < 4.78 is 0. The molecule has 0 aromatic heterocycles. The Morgan fingerprint density at radius 3 is 2.14 bits per heavy atom. The Morgan fingerprint density at radius 2 is 1.61 bits per heavy atom. The summed E-state index contributed by atoms with van der Waals surface area (Å²) in [6.07, 6.45) is 2.66. The molecule has 0 bridgehead atoms. The van der Waals surface area contributed by atoms with Crippen molar-refractivity contribution in [2.45, 2.75) is 64.3 Å². The summed E-state index contributed by atoms with van der Waals surface area (Å²) >= 11 is 0. The minimum Gasteiger partial charge on any atom is -0.480 e. The highest BCUT2D eigenvalue weighted by Crippen LogP contribution is 2.38. The van der Waals surface area contributed by atoms with Gasteiger partial charge in [-0.25, -0.2) is 4.79 Å². The lowest BCUT2D eigenvalue weighted by Crippen LogP contribution is -2.56. The number of benzene rings is 2. The van der Waals surface area contributed by atoms with Gasteiger partial charge in [0.2, 0.25) is 5.91 Å². The average Bonchev–Trinajstić information content (AvgIpc) is 2.66. The summed E-state index contributed by atoms with van der Waals surface area (Å²) in [6, 6.07) is 14.3. The molecule has 4 nitrogen and oxygen atoms in total. The van der Waals surface area contributed by atoms with E-state index in [0.717, 1.165) is 29.5 Å². The lowest BCUT2D eigenvalue weighted by molar-refractivity contribution is -0.149. The van der Waals surface area contributed by atoms with Crippen molar-refractivity contribution in [2.24, 2.45) is 0 Å². The molecule has 0 unspecified atom stereocenters. The molecule has 1 aliphatic rings. The molecule has 0 spiro atoms. The molecule has 3 rings (SSSR count). The Balaban J connectivity index is 1.70. The molecule has 0 heterocycles. The standard InChI is InChI=1S/C24H29NO3/c1-16-13-17(2)21(18(3)14-16)15-22(26)25-24(23(27)28)11-9-20(10-12-24)19-7-5-4-6-8-19/h4-8,13-14,20H,9-12,15H2,1-3H3,(H,25,26)(H,27,28). The fourth-order valence-corrected chi connectivity index (χ4v) is 4.52.